The van der Waals surface area contributed by atoms with Gasteiger partial charge in [-0.15, -0.1) is 0 Å². The van der Waals surface area contributed by atoms with E-state index in [1.54, 1.807) is 37.3 Å². The van der Waals surface area contributed by atoms with Crippen LogP contribution in [0.25, 0.3) is 0 Å². The van der Waals surface area contributed by atoms with Gasteiger partial charge in [-0.05, 0) is 42.8 Å². The zero-order chi connectivity index (χ0) is 17.6. The molecular weight excluding hydrogens is 318 g/mol. The third kappa shape index (κ3) is 4.14. The fourth-order valence-electron chi connectivity index (χ4n) is 2.30. The second-order valence-corrected chi connectivity index (χ2v) is 5.48. The SMILES string of the molecule is Cc1occc1C(=O)OCc1ccc(C(=O)Nc2ccccc2)cc1. The van der Waals surface area contributed by atoms with Crippen LogP contribution in [0.5, 0.6) is 0 Å². The molecule has 0 aliphatic carbocycles. The summed E-state index contributed by atoms with van der Waals surface area (Å²) in [6, 6.07) is 17.7. The van der Waals surface area contributed by atoms with E-state index in [4.69, 9.17) is 9.15 Å². The lowest BCUT2D eigenvalue weighted by Crippen LogP contribution is -2.12. The molecule has 0 bridgehead atoms. The van der Waals surface area contributed by atoms with Crippen LogP contribution in [-0.2, 0) is 11.3 Å². The Morgan fingerprint density at radius 2 is 1.72 bits per heavy atom. The van der Waals surface area contributed by atoms with Gasteiger partial charge < -0.3 is 14.5 Å². The van der Waals surface area contributed by atoms with E-state index in [-0.39, 0.29) is 12.5 Å². The summed E-state index contributed by atoms with van der Waals surface area (Å²) in [4.78, 5) is 24.1. The van der Waals surface area contributed by atoms with Crippen LogP contribution in [0.3, 0.4) is 0 Å². The van der Waals surface area contributed by atoms with Crippen LogP contribution in [0.2, 0.25) is 0 Å². The molecule has 1 amide bonds. The lowest BCUT2D eigenvalue weighted by Gasteiger charge is -2.07. The van der Waals surface area contributed by atoms with Crippen molar-refractivity contribution in [2.45, 2.75) is 13.5 Å². The maximum atomic E-state index is 12.2. The largest absolute Gasteiger partial charge is 0.469 e. The number of hydrogen-bond acceptors (Lipinski definition) is 4. The van der Waals surface area contributed by atoms with Crippen molar-refractivity contribution >= 4 is 17.6 Å². The number of anilines is 1. The van der Waals surface area contributed by atoms with Crippen LogP contribution >= 0.6 is 0 Å². The summed E-state index contributed by atoms with van der Waals surface area (Å²) in [5.41, 5.74) is 2.48. The first-order chi connectivity index (χ1) is 12.1. The zero-order valence-corrected chi connectivity index (χ0v) is 13.7. The lowest BCUT2D eigenvalue weighted by atomic mass is 10.1. The Kier molecular flexibility index (Phi) is 4.95. The second kappa shape index (κ2) is 7.49. The third-order valence-electron chi connectivity index (χ3n) is 3.70. The number of hydrogen-bond donors (Lipinski definition) is 1. The number of nitrogens with one attached hydrogen (secondary N) is 1. The van der Waals surface area contributed by atoms with Crippen LogP contribution < -0.4 is 5.32 Å². The number of ether oxygens (including phenoxy) is 1. The fraction of sp³-hybridized carbons (Fsp3) is 0.100. The van der Waals surface area contributed by atoms with Crippen molar-refractivity contribution in [2.24, 2.45) is 0 Å². The van der Waals surface area contributed by atoms with E-state index < -0.39 is 5.97 Å². The number of aryl methyl sites for hydroxylation is 1. The Bertz CT molecular complexity index is 866. The van der Waals surface area contributed by atoms with Gasteiger partial charge in [0.2, 0.25) is 0 Å². The van der Waals surface area contributed by atoms with Crippen molar-refractivity contribution in [2.75, 3.05) is 5.32 Å². The molecule has 126 valence electrons. The molecule has 0 atom stereocenters. The van der Waals surface area contributed by atoms with Crippen molar-refractivity contribution < 1.29 is 18.7 Å². The van der Waals surface area contributed by atoms with Crippen LogP contribution in [0.15, 0.2) is 71.3 Å². The molecule has 0 spiro atoms. The van der Waals surface area contributed by atoms with Gasteiger partial charge in [-0.1, -0.05) is 30.3 Å². The number of carbonyl (C=O) groups is 2. The van der Waals surface area contributed by atoms with Crippen molar-refractivity contribution in [3.05, 3.63) is 89.4 Å². The van der Waals surface area contributed by atoms with Crippen LogP contribution in [0, 0.1) is 6.92 Å². The molecule has 2 aromatic carbocycles. The Morgan fingerprint density at radius 1 is 1.00 bits per heavy atom. The topological polar surface area (TPSA) is 68.5 Å². The van der Waals surface area contributed by atoms with Crippen molar-refractivity contribution in [3.8, 4) is 0 Å². The van der Waals surface area contributed by atoms with Crippen LogP contribution in [0.1, 0.15) is 32.0 Å². The minimum atomic E-state index is -0.433. The summed E-state index contributed by atoms with van der Waals surface area (Å²) in [7, 11) is 0. The first-order valence-electron chi connectivity index (χ1n) is 7.80. The molecule has 5 nitrogen and oxygen atoms in total. The second-order valence-electron chi connectivity index (χ2n) is 5.48. The van der Waals surface area contributed by atoms with Gasteiger partial charge in [0.1, 0.15) is 17.9 Å². The minimum absolute atomic E-state index is 0.129. The predicted molar refractivity (Wildman–Crippen MR) is 93.4 cm³/mol. The molecule has 5 heteroatoms. The monoisotopic (exact) mass is 335 g/mol. The Morgan fingerprint density at radius 3 is 2.36 bits per heavy atom. The first-order valence-corrected chi connectivity index (χ1v) is 7.80. The van der Waals surface area contributed by atoms with Crippen molar-refractivity contribution in [1.29, 1.82) is 0 Å². The molecule has 0 saturated heterocycles. The summed E-state index contributed by atoms with van der Waals surface area (Å²) in [6.07, 6.45) is 1.45. The summed E-state index contributed by atoms with van der Waals surface area (Å²) in [5.74, 6) is -0.0983. The Labute approximate surface area is 145 Å². The summed E-state index contributed by atoms with van der Waals surface area (Å²) in [5, 5.41) is 2.82. The number of esters is 1. The van der Waals surface area contributed by atoms with E-state index in [0.717, 1.165) is 11.3 Å². The third-order valence-corrected chi connectivity index (χ3v) is 3.70. The van der Waals surface area contributed by atoms with Gasteiger partial charge in [-0.25, -0.2) is 4.79 Å². The molecule has 3 aromatic rings. The Balaban J connectivity index is 1.58. The highest BCUT2D eigenvalue weighted by Gasteiger charge is 2.13. The Hall–Kier alpha value is -3.34. The van der Waals surface area contributed by atoms with Gasteiger partial charge in [0.15, 0.2) is 0 Å². The summed E-state index contributed by atoms with van der Waals surface area (Å²) < 4.78 is 10.3. The molecule has 0 aliphatic heterocycles. The molecule has 1 N–H and O–H groups in total. The summed E-state index contributed by atoms with van der Waals surface area (Å²) in [6.45, 7) is 1.83. The van der Waals surface area contributed by atoms with E-state index in [1.807, 2.05) is 30.3 Å². The van der Waals surface area contributed by atoms with Gasteiger partial charge in [-0.2, -0.15) is 0 Å². The number of rotatable bonds is 5. The fourth-order valence-corrected chi connectivity index (χ4v) is 2.30. The maximum absolute atomic E-state index is 12.2. The number of para-hydroxylation sites is 1. The van der Waals surface area contributed by atoms with E-state index in [0.29, 0.717) is 16.9 Å². The standard InChI is InChI=1S/C20H17NO4/c1-14-18(11-12-24-14)20(23)25-13-15-7-9-16(10-8-15)19(22)21-17-5-3-2-4-6-17/h2-12H,13H2,1H3,(H,21,22). The molecule has 25 heavy (non-hydrogen) atoms. The van der Waals surface area contributed by atoms with E-state index in [2.05, 4.69) is 5.32 Å². The quantitative estimate of drug-likeness (QED) is 0.710. The zero-order valence-electron chi connectivity index (χ0n) is 13.7. The molecule has 0 fully saturated rings. The number of amides is 1. The normalized spacial score (nSPS) is 10.3. The van der Waals surface area contributed by atoms with E-state index >= 15 is 0 Å². The highest BCUT2D eigenvalue weighted by Crippen LogP contribution is 2.13. The minimum Gasteiger partial charge on any atom is -0.469 e. The van der Waals surface area contributed by atoms with E-state index in [9.17, 15) is 9.59 Å². The molecule has 0 saturated carbocycles. The molecule has 1 aromatic heterocycles. The number of carbonyl (C=O) groups excluding carboxylic acids is 2. The van der Waals surface area contributed by atoms with Gasteiger partial charge in [-0.3, -0.25) is 4.79 Å². The summed E-state index contributed by atoms with van der Waals surface area (Å²) >= 11 is 0. The molecule has 0 unspecified atom stereocenters. The van der Waals surface area contributed by atoms with Crippen molar-refractivity contribution in [3.63, 3.8) is 0 Å². The maximum Gasteiger partial charge on any atom is 0.342 e. The van der Waals surface area contributed by atoms with Crippen LogP contribution in [0.4, 0.5) is 5.69 Å². The van der Waals surface area contributed by atoms with Gasteiger partial charge in [0.05, 0.1) is 6.26 Å². The predicted octanol–water partition coefficient (Wildman–Crippen LogP) is 4.20. The van der Waals surface area contributed by atoms with E-state index in [1.165, 1.54) is 6.26 Å². The lowest BCUT2D eigenvalue weighted by molar-refractivity contribution is 0.0470. The molecule has 1 heterocycles. The number of benzene rings is 2. The van der Waals surface area contributed by atoms with Gasteiger partial charge in [0.25, 0.3) is 5.91 Å². The van der Waals surface area contributed by atoms with Crippen LogP contribution in [-0.4, -0.2) is 11.9 Å². The smallest absolute Gasteiger partial charge is 0.342 e. The molecule has 3 rings (SSSR count). The van der Waals surface area contributed by atoms with Crippen molar-refractivity contribution in [1.82, 2.24) is 0 Å². The molecule has 0 aliphatic rings. The first kappa shape index (κ1) is 16.5. The average molecular weight is 335 g/mol. The molecular formula is C20H17NO4. The number of furan rings is 1. The highest BCUT2D eigenvalue weighted by molar-refractivity contribution is 6.04. The molecule has 0 radical (unpaired) electrons. The highest BCUT2D eigenvalue weighted by atomic mass is 16.5. The van der Waals surface area contributed by atoms with Gasteiger partial charge >= 0.3 is 5.97 Å². The average Bonchev–Trinajstić information content (AvgIpc) is 3.07. The van der Waals surface area contributed by atoms with Gasteiger partial charge in [0, 0.05) is 11.3 Å².